The molecule has 2 aromatic carbocycles. The minimum atomic E-state index is -4.12. The lowest BCUT2D eigenvalue weighted by Crippen LogP contribution is -2.27. The third kappa shape index (κ3) is 3.19. The Bertz CT molecular complexity index is 1120. The quantitative estimate of drug-likeness (QED) is 0.677. The highest BCUT2D eigenvalue weighted by molar-refractivity contribution is 7.86. The molecule has 2 aromatic rings. The number of hydrogen-bond acceptors (Lipinski definition) is 6. The van der Waals surface area contributed by atoms with Gasteiger partial charge in [-0.1, -0.05) is 52.1 Å². The second kappa shape index (κ2) is 6.92. The lowest BCUT2D eigenvalue weighted by Gasteiger charge is -2.14. The van der Waals surface area contributed by atoms with Gasteiger partial charge >= 0.3 is 10.1 Å². The average molecular weight is 438 g/mol. The standard InChI is InChI=1S/C19H13Cl2NO5S/c1-10-5-7-11(8-6-10)28(24,25)27-15-9-14(23)17-18(22-26-19(15)17)16-12(20)3-2-4-13(16)21/h2-9,17,19H,1H3. The van der Waals surface area contributed by atoms with Crippen LogP contribution in [0.5, 0.6) is 0 Å². The number of aryl methyl sites for hydroxylation is 1. The number of oxime groups is 1. The fourth-order valence-electron chi connectivity index (χ4n) is 3.08. The summed E-state index contributed by atoms with van der Waals surface area (Å²) in [6.45, 7) is 1.84. The maximum absolute atomic E-state index is 12.5. The number of fused-ring (bicyclic) bond motifs is 1. The monoisotopic (exact) mass is 437 g/mol. The van der Waals surface area contributed by atoms with Crippen molar-refractivity contribution in [2.24, 2.45) is 11.1 Å². The highest BCUT2D eigenvalue weighted by atomic mass is 35.5. The maximum atomic E-state index is 12.5. The van der Waals surface area contributed by atoms with Gasteiger partial charge in [-0.3, -0.25) is 4.79 Å². The van der Waals surface area contributed by atoms with E-state index in [4.69, 9.17) is 32.2 Å². The Labute approximate surface area is 171 Å². The van der Waals surface area contributed by atoms with Gasteiger partial charge in [-0.15, -0.1) is 0 Å². The van der Waals surface area contributed by atoms with Crippen LogP contribution in [-0.4, -0.2) is 26.0 Å². The third-order valence-electron chi connectivity index (χ3n) is 4.47. The first-order chi connectivity index (χ1) is 13.3. The zero-order valence-electron chi connectivity index (χ0n) is 14.4. The number of halogens is 2. The Balaban J connectivity index is 1.62. The molecule has 1 aliphatic carbocycles. The molecule has 2 unspecified atom stereocenters. The van der Waals surface area contributed by atoms with Crippen LogP contribution >= 0.6 is 23.2 Å². The molecule has 0 fully saturated rings. The predicted molar refractivity (Wildman–Crippen MR) is 104 cm³/mol. The van der Waals surface area contributed by atoms with Crippen molar-refractivity contribution in [3.63, 3.8) is 0 Å². The van der Waals surface area contributed by atoms with Gasteiger partial charge in [0.2, 0.25) is 6.10 Å². The van der Waals surface area contributed by atoms with Gasteiger partial charge in [0.25, 0.3) is 0 Å². The van der Waals surface area contributed by atoms with Crippen molar-refractivity contribution in [1.82, 2.24) is 0 Å². The number of benzene rings is 2. The smallest absolute Gasteiger partial charge is 0.339 e. The fraction of sp³-hybridized carbons (Fsp3) is 0.158. The summed E-state index contributed by atoms with van der Waals surface area (Å²) < 4.78 is 30.3. The molecule has 0 bridgehead atoms. The SMILES string of the molecule is Cc1ccc(S(=O)(=O)OC2=CC(=O)C3C(c4c(Cl)cccc4Cl)=NOC23)cc1. The summed E-state index contributed by atoms with van der Waals surface area (Å²) in [6.07, 6.45) is 0.121. The van der Waals surface area contributed by atoms with Crippen LogP contribution in [0, 0.1) is 12.8 Å². The Morgan fingerprint density at radius 1 is 1.07 bits per heavy atom. The van der Waals surface area contributed by atoms with Gasteiger partial charge in [0, 0.05) is 11.6 Å². The molecule has 0 N–H and O–H groups in total. The lowest BCUT2D eigenvalue weighted by molar-refractivity contribution is -0.117. The van der Waals surface area contributed by atoms with Crippen molar-refractivity contribution in [3.8, 4) is 0 Å². The number of carbonyl (C=O) groups is 1. The number of ketones is 1. The molecule has 0 amide bonds. The minimum absolute atomic E-state index is 0.0248. The summed E-state index contributed by atoms with van der Waals surface area (Å²) in [5.41, 5.74) is 1.53. The molecule has 0 radical (unpaired) electrons. The molecule has 9 heteroatoms. The summed E-state index contributed by atoms with van der Waals surface area (Å²) in [6, 6.07) is 11.1. The van der Waals surface area contributed by atoms with Gasteiger partial charge in [0.1, 0.15) is 16.5 Å². The number of nitrogens with zero attached hydrogens (tertiary/aromatic N) is 1. The van der Waals surface area contributed by atoms with Gasteiger partial charge < -0.3 is 9.02 Å². The predicted octanol–water partition coefficient (Wildman–Crippen LogP) is 3.89. The summed E-state index contributed by atoms with van der Waals surface area (Å²) >= 11 is 12.4. The van der Waals surface area contributed by atoms with E-state index in [1.165, 1.54) is 12.1 Å². The van der Waals surface area contributed by atoms with Crippen LogP contribution in [0.3, 0.4) is 0 Å². The highest BCUT2D eigenvalue weighted by Crippen LogP contribution is 2.39. The van der Waals surface area contributed by atoms with Crippen molar-refractivity contribution in [3.05, 3.63) is 75.5 Å². The van der Waals surface area contributed by atoms with Crippen LogP contribution < -0.4 is 0 Å². The first-order valence-electron chi connectivity index (χ1n) is 8.22. The van der Waals surface area contributed by atoms with Gasteiger partial charge in [-0.25, -0.2) is 0 Å². The minimum Gasteiger partial charge on any atom is -0.383 e. The molecular weight excluding hydrogens is 425 g/mol. The van der Waals surface area contributed by atoms with Crippen LogP contribution in [0.1, 0.15) is 11.1 Å². The van der Waals surface area contributed by atoms with E-state index >= 15 is 0 Å². The molecule has 0 saturated heterocycles. The molecule has 1 heterocycles. The fourth-order valence-corrected chi connectivity index (χ4v) is 4.63. The Morgan fingerprint density at radius 2 is 1.71 bits per heavy atom. The van der Waals surface area contributed by atoms with E-state index in [0.717, 1.165) is 11.6 Å². The van der Waals surface area contributed by atoms with Gasteiger partial charge in [0.15, 0.2) is 11.5 Å². The molecule has 1 aliphatic heterocycles. The first kappa shape index (κ1) is 19.0. The van der Waals surface area contributed by atoms with Gasteiger partial charge in [-0.05, 0) is 31.2 Å². The zero-order chi connectivity index (χ0) is 20.1. The third-order valence-corrected chi connectivity index (χ3v) is 6.36. The molecule has 0 saturated carbocycles. The average Bonchev–Trinajstić information content (AvgIpc) is 3.18. The molecule has 0 aromatic heterocycles. The topological polar surface area (TPSA) is 82.0 Å². The second-order valence-corrected chi connectivity index (χ2v) is 8.74. The summed E-state index contributed by atoms with van der Waals surface area (Å²) in [5, 5.41) is 4.56. The Hall–Kier alpha value is -2.35. The van der Waals surface area contributed by atoms with Crippen molar-refractivity contribution < 1.29 is 22.2 Å². The number of rotatable bonds is 4. The van der Waals surface area contributed by atoms with E-state index in [1.54, 1.807) is 30.3 Å². The molecule has 2 aliphatic rings. The van der Waals surface area contributed by atoms with Crippen LogP contribution in [0.2, 0.25) is 10.0 Å². The van der Waals surface area contributed by atoms with Gasteiger partial charge in [0.05, 0.1) is 10.0 Å². The Kier molecular flexibility index (Phi) is 4.69. The van der Waals surface area contributed by atoms with Crippen LogP contribution in [-0.2, 0) is 23.9 Å². The van der Waals surface area contributed by atoms with E-state index in [-0.39, 0.29) is 16.4 Å². The van der Waals surface area contributed by atoms with Crippen molar-refractivity contribution >= 4 is 44.8 Å². The Morgan fingerprint density at radius 3 is 2.36 bits per heavy atom. The molecule has 4 rings (SSSR count). The summed E-state index contributed by atoms with van der Waals surface area (Å²) in [4.78, 5) is 17.8. The summed E-state index contributed by atoms with van der Waals surface area (Å²) in [7, 11) is -4.12. The van der Waals surface area contributed by atoms with Gasteiger partial charge in [-0.2, -0.15) is 8.42 Å². The molecule has 144 valence electrons. The molecular formula is C19H13Cl2NO5S. The lowest BCUT2D eigenvalue weighted by atomic mass is 9.92. The second-order valence-electron chi connectivity index (χ2n) is 6.38. The van der Waals surface area contributed by atoms with E-state index in [1.807, 2.05) is 6.92 Å². The first-order valence-corrected chi connectivity index (χ1v) is 10.4. The number of hydrogen-bond donors (Lipinski definition) is 0. The van der Waals surface area contributed by atoms with E-state index in [2.05, 4.69) is 5.16 Å². The molecule has 0 spiro atoms. The van der Waals surface area contributed by atoms with E-state index in [9.17, 15) is 13.2 Å². The van der Waals surface area contributed by atoms with Crippen molar-refractivity contribution in [2.45, 2.75) is 17.9 Å². The van der Waals surface area contributed by atoms with E-state index in [0.29, 0.717) is 15.6 Å². The van der Waals surface area contributed by atoms with Crippen LogP contribution in [0.25, 0.3) is 0 Å². The number of carbonyl (C=O) groups excluding carboxylic acids is 1. The number of allylic oxidation sites excluding steroid dienone is 1. The van der Waals surface area contributed by atoms with Crippen molar-refractivity contribution in [2.75, 3.05) is 0 Å². The van der Waals surface area contributed by atoms with Crippen LogP contribution in [0.4, 0.5) is 0 Å². The normalized spacial score (nSPS) is 21.0. The zero-order valence-corrected chi connectivity index (χ0v) is 16.8. The van der Waals surface area contributed by atoms with Crippen LogP contribution in [0.15, 0.2) is 64.4 Å². The molecule has 6 nitrogen and oxygen atoms in total. The molecule has 28 heavy (non-hydrogen) atoms. The van der Waals surface area contributed by atoms with Crippen molar-refractivity contribution in [1.29, 1.82) is 0 Å². The molecule has 2 atom stereocenters. The largest absolute Gasteiger partial charge is 0.383 e. The maximum Gasteiger partial charge on any atom is 0.339 e. The highest BCUT2D eigenvalue weighted by Gasteiger charge is 2.49. The van der Waals surface area contributed by atoms with E-state index < -0.39 is 27.9 Å². The summed E-state index contributed by atoms with van der Waals surface area (Å²) in [5.74, 6) is -1.40.